The number of fused-ring (bicyclic) bond motifs is 2. The lowest BCUT2D eigenvalue weighted by atomic mass is 9.65. The van der Waals surface area contributed by atoms with Crippen molar-refractivity contribution in [2.75, 3.05) is 0 Å². The molecule has 0 unspecified atom stereocenters. The molecule has 0 atom stereocenters. The van der Waals surface area contributed by atoms with Gasteiger partial charge in [-0.15, -0.1) is 5.10 Å². The molecule has 0 saturated heterocycles. The van der Waals surface area contributed by atoms with E-state index in [1.165, 1.54) is 0 Å². The van der Waals surface area contributed by atoms with Crippen LogP contribution in [-0.4, -0.2) is 38.0 Å². The summed E-state index contributed by atoms with van der Waals surface area (Å²) >= 11 is 0. The maximum absolute atomic E-state index is 11.8. The minimum atomic E-state index is -0.824. The third-order valence-electron chi connectivity index (χ3n) is 5.83. The molecular formula is C22H25N7O2. The van der Waals surface area contributed by atoms with E-state index < -0.39 is 22.8 Å². The lowest BCUT2D eigenvalue weighted by molar-refractivity contribution is 0.0991. The Morgan fingerprint density at radius 3 is 1.90 bits per heavy atom. The number of carbonyl (C=O) groups excluding carboxylic acids is 2. The zero-order chi connectivity index (χ0) is 22.4. The molecule has 0 radical (unpaired) electrons. The Morgan fingerprint density at radius 1 is 1.00 bits per heavy atom. The van der Waals surface area contributed by atoms with Gasteiger partial charge >= 0.3 is 0 Å². The number of primary amides is 2. The van der Waals surface area contributed by atoms with Crippen molar-refractivity contribution in [2.45, 2.75) is 44.1 Å². The third-order valence-corrected chi connectivity index (χ3v) is 5.83. The third kappa shape index (κ3) is 3.57. The van der Waals surface area contributed by atoms with Gasteiger partial charge in [-0.3, -0.25) is 9.59 Å². The van der Waals surface area contributed by atoms with Crippen LogP contribution in [0.3, 0.4) is 0 Å². The maximum atomic E-state index is 11.8. The summed E-state index contributed by atoms with van der Waals surface area (Å²) in [6.07, 6.45) is 1.75. The summed E-state index contributed by atoms with van der Waals surface area (Å²) < 4.78 is 0. The highest BCUT2D eigenvalue weighted by Crippen LogP contribution is 2.47. The summed E-state index contributed by atoms with van der Waals surface area (Å²) in [5.41, 5.74) is 20.9. The number of H-pyrrole nitrogens is 1. The molecule has 0 aliphatic heterocycles. The van der Waals surface area contributed by atoms with Crippen LogP contribution in [-0.2, 0) is 18.3 Å². The van der Waals surface area contributed by atoms with Crippen molar-refractivity contribution in [1.29, 1.82) is 0 Å². The molecule has 3 aromatic rings. The summed E-state index contributed by atoms with van der Waals surface area (Å²) in [5, 5.41) is 14.9. The van der Waals surface area contributed by atoms with E-state index in [1.54, 1.807) is 12.1 Å². The molecule has 7 N–H and O–H groups in total. The molecule has 0 bridgehead atoms. The SMILES string of the molecule is CC(C)(N)CC1(c2nnn[nH]2)c2ccc(C(N)=O)cc2CCc2cc(C(N)=O)ccc21. The largest absolute Gasteiger partial charge is 0.366 e. The van der Waals surface area contributed by atoms with Crippen LogP contribution >= 0.6 is 0 Å². The number of hydrogen-bond acceptors (Lipinski definition) is 6. The lowest BCUT2D eigenvalue weighted by Crippen LogP contribution is -2.44. The Hall–Kier alpha value is -3.59. The Kier molecular flexibility index (Phi) is 4.85. The molecule has 4 rings (SSSR count). The van der Waals surface area contributed by atoms with Gasteiger partial charge in [0.1, 0.15) is 0 Å². The highest BCUT2D eigenvalue weighted by atomic mass is 16.1. The summed E-state index contributed by atoms with van der Waals surface area (Å²) in [6, 6.07) is 10.9. The normalized spacial score (nSPS) is 14.9. The second-order valence-corrected chi connectivity index (χ2v) is 8.79. The molecule has 1 aromatic heterocycles. The number of nitrogens with two attached hydrogens (primary N) is 3. The number of aryl methyl sites for hydroxylation is 2. The molecule has 160 valence electrons. The van der Waals surface area contributed by atoms with E-state index in [1.807, 2.05) is 38.1 Å². The maximum Gasteiger partial charge on any atom is 0.248 e. The molecule has 9 heteroatoms. The molecule has 2 aromatic carbocycles. The van der Waals surface area contributed by atoms with Gasteiger partial charge in [-0.2, -0.15) is 0 Å². The Labute approximate surface area is 179 Å². The van der Waals surface area contributed by atoms with Crippen LogP contribution in [0.25, 0.3) is 0 Å². The van der Waals surface area contributed by atoms with Gasteiger partial charge in [0, 0.05) is 16.7 Å². The fourth-order valence-corrected chi connectivity index (χ4v) is 4.71. The fourth-order valence-electron chi connectivity index (χ4n) is 4.71. The number of benzene rings is 2. The van der Waals surface area contributed by atoms with Crippen molar-refractivity contribution >= 4 is 11.8 Å². The number of nitrogens with zero attached hydrogens (tertiary/aromatic N) is 3. The van der Waals surface area contributed by atoms with E-state index in [0.29, 0.717) is 36.2 Å². The van der Waals surface area contributed by atoms with Gasteiger partial charge in [0.25, 0.3) is 0 Å². The van der Waals surface area contributed by atoms with Crippen LogP contribution in [0.4, 0.5) is 0 Å². The molecular weight excluding hydrogens is 394 g/mol. The number of tetrazole rings is 1. The van der Waals surface area contributed by atoms with Crippen LogP contribution in [0.1, 0.15) is 69.1 Å². The minimum absolute atomic E-state index is 0.430. The topological polar surface area (TPSA) is 167 Å². The molecule has 0 saturated carbocycles. The molecule has 1 aliphatic rings. The first-order valence-corrected chi connectivity index (χ1v) is 10.0. The minimum Gasteiger partial charge on any atom is -0.366 e. The second-order valence-electron chi connectivity index (χ2n) is 8.79. The average Bonchev–Trinajstić information content (AvgIpc) is 3.20. The van der Waals surface area contributed by atoms with E-state index in [9.17, 15) is 9.59 Å². The monoisotopic (exact) mass is 419 g/mol. The van der Waals surface area contributed by atoms with Crippen LogP contribution in [0.15, 0.2) is 36.4 Å². The van der Waals surface area contributed by atoms with Gasteiger partial charge in [-0.05, 0) is 90.1 Å². The molecule has 31 heavy (non-hydrogen) atoms. The van der Waals surface area contributed by atoms with Crippen molar-refractivity contribution in [3.05, 3.63) is 75.6 Å². The zero-order valence-corrected chi connectivity index (χ0v) is 17.5. The van der Waals surface area contributed by atoms with Gasteiger partial charge in [-0.1, -0.05) is 12.1 Å². The van der Waals surface area contributed by atoms with Crippen molar-refractivity contribution in [2.24, 2.45) is 17.2 Å². The predicted octanol–water partition coefficient (Wildman–Crippen LogP) is 0.958. The van der Waals surface area contributed by atoms with Crippen molar-refractivity contribution in [1.82, 2.24) is 20.6 Å². The van der Waals surface area contributed by atoms with Gasteiger partial charge in [-0.25, -0.2) is 5.10 Å². The molecule has 0 fully saturated rings. The van der Waals surface area contributed by atoms with E-state index in [-0.39, 0.29) is 0 Å². The number of amides is 2. The van der Waals surface area contributed by atoms with E-state index in [2.05, 4.69) is 20.6 Å². The number of carbonyl (C=O) groups is 2. The average molecular weight is 419 g/mol. The van der Waals surface area contributed by atoms with Crippen LogP contribution < -0.4 is 17.2 Å². The molecule has 1 aliphatic carbocycles. The fraction of sp³-hybridized carbons (Fsp3) is 0.318. The molecule has 2 amide bonds. The number of aromatic amines is 1. The highest BCUT2D eigenvalue weighted by molar-refractivity contribution is 5.94. The predicted molar refractivity (Wildman–Crippen MR) is 114 cm³/mol. The Bertz CT molecular complexity index is 1100. The number of rotatable bonds is 5. The quantitative estimate of drug-likeness (QED) is 0.480. The summed E-state index contributed by atoms with van der Waals surface area (Å²) in [6.45, 7) is 3.89. The summed E-state index contributed by atoms with van der Waals surface area (Å²) in [5.74, 6) is -0.451. The van der Waals surface area contributed by atoms with Crippen molar-refractivity contribution < 1.29 is 9.59 Å². The van der Waals surface area contributed by atoms with Gasteiger partial charge < -0.3 is 17.2 Å². The van der Waals surface area contributed by atoms with Crippen LogP contribution in [0.5, 0.6) is 0 Å². The molecule has 1 heterocycles. The highest BCUT2D eigenvalue weighted by Gasteiger charge is 2.46. The summed E-state index contributed by atoms with van der Waals surface area (Å²) in [7, 11) is 0. The first kappa shape index (κ1) is 20.7. The van der Waals surface area contributed by atoms with E-state index in [4.69, 9.17) is 17.2 Å². The van der Waals surface area contributed by atoms with Crippen LogP contribution in [0, 0.1) is 0 Å². The first-order chi connectivity index (χ1) is 14.6. The van der Waals surface area contributed by atoms with Gasteiger partial charge in [0.15, 0.2) is 5.82 Å². The lowest BCUT2D eigenvalue weighted by Gasteiger charge is -2.39. The zero-order valence-electron chi connectivity index (χ0n) is 17.5. The Morgan fingerprint density at radius 2 is 1.52 bits per heavy atom. The van der Waals surface area contributed by atoms with E-state index in [0.717, 1.165) is 22.3 Å². The molecule has 0 spiro atoms. The standard InChI is InChI=1S/C22H25N7O2/c1-21(2,25)11-22(20-26-28-29-27-20)16-7-5-14(18(23)30)9-12(16)3-4-13-10-15(19(24)31)6-8-17(13)22/h5-10H,3-4,11,25H2,1-2H3,(H2,23,30)(H2,24,31)(H,26,27,28,29). The number of aromatic nitrogens is 4. The van der Waals surface area contributed by atoms with Crippen molar-refractivity contribution in [3.63, 3.8) is 0 Å². The van der Waals surface area contributed by atoms with Crippen LogP contribution in [0.2, 0.25) is 0 Å². The first-order valence-electron chi connectivity index (χ1n) is 10.0. The van der Waals surface area contributed by atoms with Crippen molar-refractivity contribution in [3.8, 4) is 0 Å². The number of nitrogens with one attached hydrogen (secondary N) is 1. The number of hydrogen-bond donors (Lipinski definition) is 4. The smallest absolute Gasteiger partial charge is 0.248 e. The van der Waals surface area contributed by atoms with Gasteiger partial charge in [0.2, 0.25) is 11.8 Å². The van der Waals surface area contributed by atoms with E-state index >= 15 is 0 Å². The van der Waals surface area contributed by atoms with Gasteiger partial charge in [0.05, 0.1) is 5.41 Å². The summed E-state index contributed by atoms with van der Waals surface area (Å²) in [4.78, 5) is 23.7. The molecule has 9 nitrogen and oxygen atoms in total. The Balaban J connectivity index is 2.09. The second kappa shape index (κ2) is 7.28.